The normalized spacial score (nSPS) is 10.4. The van der Waals surface area contributed by atoms with Gasteiger partial charge in [-0.25, -0.2) is 4.68 Å². The lowest BCUT2D eigenvalue weighted by Crippen LogP contribution is -2.23. The molecule has 0 aliphatic rings. The molecule has 0 saturated heterocycles. The molecule has 0 radical (unpaired) electrons. The van der Waals surface area contributed by atoms with Crippen molar-refractivity contribution in [2.24, 2.45) is 0 Å². The number of aromatic nitrogens is 3. The summed E-state index contributed by atoms with van der Waals surface area (Å²) >= 11 is 6.02. The molecule has 3 rings (SSSR count). The molecule has 0 saturated carbocycles. The van der Waals surface area contributed by atoms with E-state index in [-0.39, 0.29) is 12.6 Å². The number of ether oxygens (including phenoxy) is 1. The molecule has 0 aliphatic carbocycles. The molecule has 0 atom stereocenters. The lowest BCUT2D eigenvalue weighted by atomic mass is 10.3. The van der Waals surface area contributed by atoms with Crippen molar-refractivity contribution >= 4 is 17.5 Å². The van der Waals surface area contributed by atoms with Gasteiger partial charge in [0.1, 0.15) is 11.4 Å². The van der Waals surface area contributed by atoms with Crippen LogP contribution in [-0.2, 0) is 13.3 Å². The second kappa shape index (κ2) is 7.61. The number of amides is 1. The third kappa shape index (κ3) is 4.11. The second-order valence-electron chi connectivity index (χ2n) is 4.99. The fourth-order valence-corrected chi connectivity index (χ4v) is 2.22. The third-order valence-corrected chi connectivity index (χ3v) is 3.55. The van der Waals surface area contributed by atoms with E-state index in [1.165, 1.54) is 4.68 Å². The minimum atomic E-state index is -0.254. The lowest BCUT2D eigenvalue weighted by molar-refractivity contribution is 0.0944. The van der Waals surface area contributed by atoms with E-state index in [4.69, 9.17) is 16.3 Å². The summed E-state index contributed by atoms with van der Waals surface area (Å²) in [6.07, 6.45) is 5.07. The van der Waals surface area contributed by atoms with E-state index in [1.54, 1.807) is 36.8 Å². The maximum Gasteiger partial charge on any atom is 0.272 e. The van der Waals surface area contributed by atoms with Gasteiger partial charge in [-0.05, 0) is 29.8 Å². The van der Waals surface area contributed by atoms with Crippen LogP contribution >= 0.6 is 11.6 Å². The highest BCUT2D eigenvalue weighted by Gasteiger charge is 2.09. The number of rotatable bonds is 6. The predicted molar refractivity (Wildman–Crippen MR) is 89.7 cm³/mol. The molecule has 24 heavy (non-hydrogen) atoms. The van der Waals surface area contributed by atoms with E-state index in [0.717, 1.165) is 5.56 Å². The summed E-state index contributed by atoms with van der Waals surface area (Å²) in [5.74, 6) is 0.313. The van der Waals surface area contributed by atoms with E-state index in [9.17, 15) is 4.79 Å². The van der Waals surface area contributed by atoms with Gasteiger partial charge in [-0.3, -0.25) is 9.78 Å². The average Bonchev–Trinajstić information content (AvgIpc) is 3.09. The van der Waals surface area contributed by atoms with Crippen LogP contribution in [0, 0.1) is 0 Å². The number of para-hydroxylation sites is 1. The zero-order chi connectivity index (χ0) is 16.8. The molecule has 0 aliphatic heterocycles. The van der Waals surface area contributed by atoms with Crippen LogP contribution in [0.1, 0.15) is 16.1 Å². The Balaban J connectivity index is 1.55. The van der Waals surface area contributed by atoms with Crippen molar-refractivity contribution in [3.05, 3.63) is 77.3 Å². The summed E-state index contributed by atoms with van der Waals surface area (Å²) in [6.45, 7) is 0.565. The largest absolute Gasteiger partial charge is 0.470 e. The number of benzene rings is 1. The number of carbonyl (C=O) groups excluding carboxylic acids is 1. The van der Waals surface area contributed by atoms with Crippen LogP contribution < -0.4 is 10.1 Å². The number of nitrogens with zero attached hydrogens (tertiary/aromatic N) is 3. The molecule has 0 bridgehead atoms. The van der Waals surface area contributed by atoms with Crippen molar-refractivity contribution < 1.29 is 9.53 Å². The van der Waals surface area contributed by atoms with Gasteiger partial charge in [-0.2, -0.15) is 5.10 Å². The monoisotopic (exact) mass is 342 g/mol. The highest BCUT2D eigenvalue weighted by atomic mass is 35.5. The van der Waals surface area contributed by atoms with Gasteiger partial charge in [0.05, 0.1) is 5.02 Å². The van der Waals surface area contributed by atoms with Gasteiger partial charge in [0.15, 0.2) is 6.73 Å². The Morgan fingerprint density at radius 2 is 2.08 bits per heavy atom. The highest BCUT2D eigenvalue weighted by molar-refractivity contribution is 6.32. The van der Waals surface area contributed by atoms with Crippen molar-refractivity contribution in [3.8, 4) is 5.75 Å². The summed E-state index contributed by atoms with van der Waals surface area (Å²) in [4.78, 5) is 16.1. The Morgan fingerprint density at radius 3 is 2.88 bits per heavy atom. The van der Waals surface area contributed by atoms with Gasteiger partial charge < -0.3 is 10.1 Å². The van der Waals surface area contributed by atoms with Gasteiger partial charge in [0.2, 0.25) is 0 Å². The molecule has 2 aromatic heterocycles. The maximum atomic E-state index is 12.1. The lowest BCUT2D eigenvalue weighted by Gasteiger charge is -2.07. The summed E-state index contributed by atoms with van der Waals surface area (Å²) in [6, 6.07) is 12.5. The SMILES string of the molecule is O=C(NCc1cccnc1)c1ccn(COc2ccccc2Cl)n1. The molecule has 3 aromatic rings. The van der Waals surface area contributed by atoms with E-state index < -0.39 is 0 Å². The molecule has 0 unspecified atom stereocenters. The molecular weight excluding hydrogens is 328 g/mol. The van der Waals surface area contributed by atoms with Crippen molar-refractivity contribution in [3.63, 3.8) is 0 Å². The molecule has 1 aromatic carbocycles. The van der Waals surface area contributed by atoms with Crippen LogP contribution in [0.2, 0.25) is 5.02 Å². The number of carbonyl (C=O) groups is 1. The molecule has 7 heteroatoms. The maximum absolute atomic E-state index is 12.1. The second-order valence-corrected chi connectivity index (χ2v) is 5.40. The van der Waals surface area contributed by atoms with Crippen molar-refractivity contribution in [1.82, 2.24) is 20.1 Å². The fraction of sp³-hybridized carbons (Fsp3) is 0.118. The van der Waals surface area contributed by atoms with E-state index in [1.807, 2.05) is 24.3 Å². The topological polar surface area (TPSA) is 69.0 Å². The van der Waals surface area contributed by atoms with Gasteiger partial charge in [0, 0.05) is 25.1 Å². The Hall–Kier alpha value is -2.86. The van der Waals surface area contributed by atoms with Crippen LogP contribution in [0.25, 0.3) is 0 Å². The minimum Gasteiger partial charge on any atom is -0.470 e. The van der Waals surface area contributed by atoms with Crippen LogP contribution in [0.15, 0.2) is 61.1 Å². The molecule has 0 spiro atoms. The van der Waals surface area contributed by atoms with Crippen LogP contribution in [0.5, 0.6) is 5.75 Å². The molecular formula is C17H15ClN4O2. The zero-order valence-electron chi connectivity index (χ0n) is 12.7. The van der Waals surface area contributed by atoms with Crippen molar-refractivity contribution in [1.29, 1.82) is 0 Å². The first-order valence-electron chi connectivity index (χ1n) is 7.30. The molecule has 1 amide bonds. The molecule has 1 N–H and O–H groups in total. The molecule has 6 nitrogen and oxygen atoms in total. The Labute approximate surface area is 144 Å². The smallest absolute Gasteiger partial charge is 0.272 e. The van der Waals surface area contributed by atoms with Crippen molar-refractivity contribution in [2.45, 2.75) is 13.3 Å². The number of halogens is 1. The number of hydrogen-bond acceptors (Lipinski definition) is 4. The van der Waals surface area contributed by atoms with Crippen molar-refractivity contribution in [2.75, 3.05) is 0 Å². The van der Waals surface area contributed by atoms with Gasteiger partial charge in [-0.15, -0.1) is 0 Å². The number of hydrogen-bond donors (Lipinski definition) is 1. The molecule has 0 fully saturated rings. The Kier molecular flexibility index (Phi) is 5.08. The highest BCUT2D eigenvalue weighted by Crippen LogP contribution is 2.23. The number of pyridine rings is 1. The third-order valence-electron chi connectivity index (χ3n) is 3.24. The van der Waals surface area contributed by atoms with Gasteiger partial charge >= 0.3 is 0 Å². The predicted octanol–water partition coefficient (Wildman–Crippen LogP) is 2.90. The van der Waals surface area contributed by atoms with Crippen LogP contribution in [0.4, 0.5) is 0 Å². The van der Waals surface area contributed by atoms with E-state index in [0.29, 0.717) is 23.0 Å². The Bertz CT molecular complexity index is 820. The first-order valence-corrected chi connectivity index (χ1v) is 7.68. The summed E-state index contributed by atoms with van der Waals surface area (Å²) in [5, 5.41) is 7.51. The minimum absolute atomic E-state index is 0.166. The zero-order valence-corrected chi connectivity index (χ0v) is 13.5. The number of nitrogens with one attached hydrogen (secondary N) is 1. The van der Waals surface area contributed by atoms with Crippen LogP contribution in [-0.4, -0.2) is 20.7 Å². The fourth-order valence-electron chi connectivity index (χ4n) is 2.03. The van der Waals surface area contributed by atoms with E-state index >= 15 is 0 Å². The summed E-state index contributed by atoms with van der Waals surface area (Å²) < 4.78 is 7.10. The Morgan fingerprint density at radius 1 is 1.21 bits per heavy atom. The standard InChI is InChI=1S/C17H15ClN4O2/c18-14-5-1-2-6-16(14)24-12-22-9-7-15(21-22)17(23)20-11-13-4-3-8-19-10-13/h1-10H,11-12H2,(H,20,23). The quantitative estimate of drug-likeness (QED) is 0.748. The van der Waals surface area contributed by atoms with Crippen LogP contribution in [0.3, 0.4) is 0 Å². The first kappa shape index (κ1) is 16.0. The molecule has 2 heterocycles. The van der Waals surface area contributed by atoms with E-state index in [2.05, 4.69) is 15.4 Å². The molecule has 122 valence electrons. The average molecular weight is 343 g/mol. The summed E-state index contributed by atoms with van der Waals surface area (Å²) in [5.41, 5.74) is 1.24. The van der Waals surface area contributed by atoms with Gasteiger partial charge in [0.25, 0.3) is 5.91 Å². The van der Waals surface area contributed by atoms with Gasteiger partial charge in [-0.1, -0.05) is 29.8 Å². The summed E-state index contributed by atoms with van der Waals surface area (Å²) in [7, 11) is 0. The first-order chi connectivity index (χ1) is 11.7.